The molecule has 35 heavy (non-hydrogen) atoms. The number of hydrogen-bond acceptors (Lipinski definition) is 7. The van der Waals surface area contributed by atoms with Gasteiger partial charge in [0.2, 0.25) is 0 Å². The van der Waals surface area contributed by atoms with Crippen molar-refractivity contribution in [1.82, 2.24) is 19.3 Å². The Hall–Kier alpha value is -1.81. The third kappa shape index (κ3) is 8.10. The third-order valence-corrected chi connectivity index (χ3v) is 6.65. The number of aromatic nitrogens is 3. The lowest BCUT2D eigenvalue weighted by Gasteiger charge is -2.22. The van der Waals surface area contributed by atoms with Crippen molar-refractivity contribution in [2.45, 2.75) is 55.4 Å². The molecular weight excluding hydrogens is 596 g/mol. The SMILES string of the molecule is CC.CC.CC.COc1c(Nc2cc(Cl)nc3c2nc(C)n3PI)cccc1/C(=C(\C)N)N(C)N. The lowest BCUT2D eigenvalue weighted by Crippen LogP contribution is -2.26. The highest BCUT2D eigenvalue weighted by Gasteiger charge is 2.19. The molecule has 0 aliphatic carbocycles. The minimum absolute atomic E-state index is 0.381. The summed E-state index contributed by atoms with van der Waals surface area (Å²) in [7, 11) is 3.34. The summed E-state index contributed by atoms with van der Waals surface area (Å²) in [6, 6.07) is 7.47. The number of halogens is 2. The molecular formula is C24H40ClIN7OP. The minimum atomic E-state index is 0.381. The number of aryl methyl sites for hydroxylation is 1. The molecule has 8 nitrogen and oxygen atoms in total. The second-order valence-electron chi connectivity index (χ2n) is 6.40. The molecule has 3 rings (SSSR count). The molecule has 0 amide bonds. The van der Waals surface area contributed by atoms with Gasteiger partial charge in [-0.3, -0.25) is 4.34 Å². The fraction of sp³-hybridized carbons (Fsp3) is 0.417. The van der Waals surface area contributed by atoms with Gasteiger partial charge in [0, 0.05) is 24.4 Å². The first-order chi connectivity index (χ1) is 16.8. The normalized spacial score (nSPS) is 10.9. The summed E-state index contributed by atoms with van der Waals surface area (Å²) in [6.45, 7) is 15.7. The molecule has 11 heteroatoms. The molecule has 0 aliphatic rings. The van der Waals surface area contributed by atoms with E-state index < -0.39 is 0 Å². The van der Waals surface area contributed by atoms with Gasteiger partial charge in [0.25, 0.3) is 0 Å². The van der Waals surface area contributed by atoms with Crippen LogP contribution in [0.3, 0.4) is 0 Å². The van der Waals surface area contributed by atoms with Crippen molar-refractivity contribution in [3.63, 3.8) is 0 Å². The Balaban J connectivity index is 0.00000179. The van der Waals surface area contributed by atoms with Gasteiger partial charge in [0.15, 0.2) is 11.4 Å². The molecule has 2 aromatic heterocycles. The number of methoxy groups -OCH3 is 1. The number of benzene rings is 1. The number of para-hydroxylation sites is 1. The lowest BCUT2D eigenvalue weighted by atomic mass is 10.1. The van der Waals surface area contributed by atoms with Crippen LogP contribution in [0.25, 0.3) is 16.9 Å². The molecule has 1 unspecified atom stereocenters. The molecule has 1 aromatic carbocycles. The van der Waals surface area contributed by atoms with Crippen LogP contribution in [0.15, 0.2) is 30.0 Å². The molecule has 196 valence electrons. The summed E-state index contributed by atoms with van der Waals surface area (Å²) in [4.78, 5) is 9.13. The van der Waals surface area contributed by atoms with Crippen molar-refractivity contribution in [2.24, 2.45) is 11.6 Å². The number of ether oxygens (including phenoxy) is 1. The number of rotatable bonds is 6. The van der Waals surface area contributed by atoms with Gasteiger partial charge < -0.3 is 20.8 Å². The van der Waals surface area contributed by atoms with Crippen LogP contribution >= 0.6 is 40.0 Å². The molecule has 0 aliphatic heterocycles. The number of nitrogens with zero attached hydrogens (tertiary/aromatic N) is 4. The molecule has 0 radical (unpaired) electrons. The van der Waals surface area contributed by atoms with E-state index >= 15 is 0 Å². The third-order valence-electron chi connectivity index (χ3n) is 4.31. The minimum Gasteiger partial charge on any atom is -0.494 e. The first-order valence-corrected chi connectivity index (χ1v) is 16.0. The van der Waals surface area contributed by atoms with E-state index in [0.29, 0.717) is 28.7 Å². The number of hydrogen-bond donors (Lipinski definition) is 3. The second-order valence-corrected chi connectivity index (χ2v) is 8.85. The predicted molar refractivity (Wildman–Crippen MR) is 164 cm³/mol. The molecule has 0 bridgehead atoms. The highest BCUT2D eigenvalue weighted by molar-refractivity contribution is 14.2. The summed E-state index contributed by atoms with van der Waals surface area (Å²) in [5.41, 5.74) is 11.0. The highest BCUT2D eigenvalue weighted by Crippen LogP contribution is 2.39. The summed E-state index contributed by atoms with van der Waals surface area (Å²) < 4.78 is 7.74. The van der Waals surface area contributed by atoms with Crippen LogP contribution in [-0.2, 0) is 0 Å². The topological polar surface area (TPSA) is 107 Å². The number of imidazole rings is 1. The van der Waals surface area contributed by atoms with E-state index in [1.165, 1.54) is 5.01 Å². The van der Waals surface area contributed by atoms with Crippen LogP contribution in [-0.4, -0.2) is 33.5 Å². The Morgan fingerprint density at radius 1 is 1.14 bits per heavy atom. The number of pyridine rings is 1. The fourth-order valence-corrected chi connectivity index (χ4v) is 5.52. The Labute approximate surface area is 230 Å². The summed E-state index contributed by atoms with van der Waals surface area (Å²) in [5, 5.41) is 5.26. The standard InChI is InChI=1S/C18H22ClIN7OP.3C2H6/c1-9(21)16(26(3)22)11-6-5-7-12(17(11)28-4)24-13-8-14(19)25-18-15(13)23-10(2)27(18)29-20;3*1-2/h5-8,29H,21-22H2,1-4H3,(H,24,25);3*1-2H3/b16-9-;;;. The Kier molecular flexibility index (Phi) is 15.9. The van der Waals surface area contributed by atoms with Crippen LogP contribution in [0, 0.1) is 6.92 Å². The number of fused-ring (bicyclic) bond motifs is 1. The average molecular weight is 636 g/mol. The first kappa shape index (κ1) is 33.2. The van der Waals surface area contributed by atoms with Crippen LogP contribution in [0.2, 0.25) is 5.15 Å². The largest absolute Gasteiger partial charge is 0.494 e. The van der Waals surface area contributed by atoms with Crippen molar-refractivity contribution in [2.75, 3.05) is 19.5 Å². The lowest BCUT2D eigenvalue weighted by molar-refractivity contribution is 0.411. The molecule has 0 fully saturated rings. The van der Waals surface area contributed by atoms with Gasteiger partial charge in [-0.25, -0.2) is 15.8 Å². The van der Waals surface area contributed by atoms with E-state index in [4.69, 9.17) is 27.9 Å². The zero-order valence-electron chi connectivity index (χ0n) is 22.4. The molecule has 0 saturated heterocycles. The van der Waals surface area contributed by atoms with E-state index in [2.05, 4.69) is 37.3 Å². The van der Waals surface area contributed by atoms with Gasteiger partial charge in [-0.05, 0) is 48.0 Å². The van der Waals surface area contributed by atoms with E-state index in [1.807, 2.05) is 71.0 Å². The number of allylic oxidation sites excluding steroid dienone is 1. The smallest absolute Gasteiger partial charge is 0.167 e. The summed E-state index contributed by atoms with van der Waals surface area (Å²) in [5.74, 6) is 7.49. The summed E-state index contributed by atoms with van der Waals surface area (Å²) >= 11 is 8.60. The van der Waals surface area contributed by atoms with Gasteiger partial charge in [-0.1, -0.05) is 59.2 Å². The molecule has 0 saturated carbocycles. The van der Waals surface area contributed by atoms with E-state index in [-0.39, 0.29) is 0 Å². The Bertz CT molecular complexity index is 1100. The molecule has 1 atom stereocenters. The van der Waals surface area contributed by atoms with Crippen molar-refractivity contribution in [1.29, 1.82) is 0 Å². The van der Waals surface area contributed by atoms with Gasteiger partial charge in [-0.2, -0.15) is 0 Å². The van der Waals surface area contributed by atoms with Crippen molar-refractivity contribution < 1.29 is 4.74 Å². The number of anilines is 2. The number of hydrazine groups is 1. The monoisotopic (exact) mass is 635 g/mol. The van der Waals surface area contributed by atoms with Crippen LogP contribution in [0.1, 0.15) is 59.9 Å². The average Bonchev–Trinajstić information content (AvgIpc) is 3.17. The van der Waals surface area contributed by atoms with Gasteiger partial charge in [0.1, 0.15) is 16.5 Å². The maximum Gasteiger partial charge on any atom is 0.167 e. The Morgan fingerprint density at radius 2 is 1.74 bits per heavy atom. The second kappa shape index (κ2) is 16.8. The van der Waals surface area contributed by atoms with Crippen LogP contribution < -0.4 is 21.6 Å². The zero-order chi connectivity index (χ0) is 27.3. The molecule has 2 heterocycles. The quantitative estimate of drug-likeness (QED) is 0.0848. The van der Waals surface area contributed by atoms with Gasteiger partial charge in [0.05, 0.1) is 30.6 Å². The predicted octanol–water partition coefficient (Wildman–Crippen LogP) is 7.47. The van der Waals surface area contributed by atoms with Gasteiger partial charge >= 0.3 is 0 Å². The highest BCUT2D eigenvalue weighted by atomic mass is 127. The number of nitrogens with two attached hydrogens (primary N) is 2. The van der Waals surface area contributed by atoms with E-state index in [0.717, 1.165) is 33.9 Å². The van der Waals surface area contributed by atoms with Crippen molar-refractivity contribution in [3.8, 4) is 5.75 Å². The summed E-state index contributed by atoms with van der Waals surface area (Å²) in [6.07, 6.45) is 0.465. The maximum absolute atomic E-state index is 6.30. The Morgan fingerprint density at radius 3 is 2.23 bits per heavy atom. The zero-order valence-corrected chi connectivity index (χ0v) is 26.3. The van der Waals surface area contributed by atoms with Crippen molar-refractivity contribution >= 4 is 68.3 Å². The molecule has 5 N–H and O–H groups in total. The van der Waals surface area contributed by atoms with E-state index in [9.17, 15) is 0 Å². The maximum atomic E-state index is 6.30. The van der Waals surface area contributed by atoms with Crippen molar-refractivity contribution in [3.05, 3.63) is 46.5 Å². The number of nitrogens with one attached hydrogen (secondary N) is 1. The van der Waals surface area contributed by atoms with Gasteiger partial charge in [-0.15, -0.1) is 0 Å². The molecule has 0 spiro atoms. The van der Waals surface area contributed by atoms with Crippen LogP contribution in [0.5, 0.6) is 5.75 Å². The van der Waals surface area contributed by atoms with Crippen LogP contribution in [0.4, 0.5) is 11.4 Å². The first-order valence-electron chi connectivity index (χ1n) is 11.6. The fourth-order valence-electron chi connectivity index (χ4n) is 3.19. The molecule has 3 aromatic rings. The van der Waals surface area contributed by atoms with E-state index in [1.54, 1.807) is 27.1 Å².